The predicted octanol–water partition coefficient (Wildman–Crippen LogP) is 1.66. The van der Waals surface area contributed by atoms with Crippen LogP contribution in [0.4, 0.5) is 4.39 Å². The largest absolute Gasteiger partial charge is 0.241 e. The maximum absolute atomic E-state index is 13.1. The van der Waals surface area contributed by atoms with Crippen LogP contribution < -0.4 is 9.44 Å². The molecule has 0 spiro atoms. The van der Waals surface area contributed by atoms with E-state index in [1.807, 2.05) is 0 Å². The summed E-state index contributed by atoms with van der Waals surface area (Å²) in [7, 11) is -5.79. The van der Waals surface area contributed by atoms with Crippen molar-refractivity contribution in [3.8, 4) is 0 Å². The maximum atomic E-state index is 13.1. The zero-order valence-corrected chi connectivity index (χ0v) is 15.4. The van der Waals surface area contributed by atoms with E-state index in [4.69, 9.17) is 0 Å². The van der Waals surface area contributed by atoms with Gasteiger partial charge in [-0.3, -0.25) is 0 Å². The summed E-state index contributed by atoms with van der Waals surface area (Å²) in [5.41, 5.74) is 1.59. The molecule has 2 rings (SSSR count). The fourth-order valence-corrected chi connectivity index (χ4v) is 4.23. The average molecular weight is 386 g/mol. The molecular weight excluding hydrogens is 367 g/mol. The minimum absolute atomic E-state index is 0.0191. The number of hydrogen-bond donors (Lipinski definition) is 2. The molecule has 0 atom stereocenters. The van der Waals surface area contributed by atoms with Gasteiger partial charge in [0.1, 0.15) is 5.82 Å². The van der Waals surface area contributed by atoms with Gasteiger partial charge in [-0.1, -0.05) is 24.3 Å². The highest BCUT2D eigenvalue weighted by atomic mass is 32.2. The van der Waals surface area contributed by atoms with Crippen molar-refractivity contribution in [2.75, 3.05) is 7.05 Å². The molecule has 25 heavy (non-hydrogen) atoms. The summed E-state index contributed by atoms with van der Waals surface area (Å²) < 4.78 is 65.4. The minimum atomic E-state index is -3.77. The molecule has 0 bridgehead atoms. The van der Waals surface area contributed by atoms with Crippen LogP contribution in [0.2, 0.25) is 0 Å². The lowest BCUT2D eigenvalue weighted by Gasteiger charge is -2.10. The Morgan fingerprint density at radius 3 is 2.12 bits per heavy atom. The second-order valence-electron chi connectivity index (χ2n) is 5.51. The maximum Gasteiger partial charge on any atom is 0.241 e. The molecule has 136 valence electrons. The molecule has 0 aliphatic heterocycles. The van der Waals surface area contributed by atoms with Gasteiger partial charge in [0.15, 0.2) is 0 Å². The Labute approximate surface area is 147 Å². The van der Waals surface area contributed by atoms with Gasteiger partial charge in [-0.2, -0.15) is 0 Å². The van der Waals surface area contributed by atoms with Crippen molar-refractivity contribution in [3.05, 3.63) is 65.0 Å². The van der Waals surface area contributed by atoms with Crippen LogP contribution in [-0.2, 0) is 32.3 Å². The van der Waals surface area contributed by atoms with Gasteiger partial charge in [0.2, 0.25) is 20.0 Å². The fraction of sp³-hybridized carbons (Fsp3) is 0.250. The van der Waals surface area contributed by atoms with Crippen molar-refractivity contribution in [2.45, 2.75) is 24.1 Å². The van der Waals surface area contributed by atoms with Crippen molar-refractivity contribution >= 4 is 20.0 Å². The number of halogens is 1. The van der Waals surface area contributed by atoms with Crippen molar-refractivity contribution in [2.24, 2.45) is 0 Å². The molecule has 0 radical (unpaired) electrons. The summed E-state index contributed by atoms with van der Waals surface area (Å²) in [6.45, 7) is 1.56. The number of rotatable bonds is 7. The Balaban J connectivity index is 2.08. The highest BCUT2D eigenvalue weighted by Gasteiger charge is 2.17. The molecule has 6 nitrogen and oxygen atoms in total. The van der Waals surface area contributed by atoms with Crippen molar-refractivity contribution in [3.63, 3.8) is 0 Å². The first-order chi connectivity index (χ1) is 11.6. The lowest BCUT2D eigenvalue weighted by atomic mass is 10.1. The van der Waals surface area contributed by atoms with Crippen LogP contribution in [0.25, 0.3) is 0 Å². The first-order valence-corrected chi connectivity index (χ1v) is 10.5. The molecule has 0 saturated carbocycles. The summed E-state index contributed by atoms with van der Waals surface area (Å²) >= 11 is 0. The van der Waals surface area contributed by atoms with E-state index in [1.54, 1.807) is 24.3 Å². The van der Waals surface area contributed by atoms with Gasteiger partial charge in [-0.15, -0.1) is 0 Å². The Morgan fingerprint density at radius 2 is 1.56 bits per heavy atom. The third-order valence-electron chi connectivity index (χ3n) is 3.58. The lowest BCUT2D eigenvalue weighted by molar-refractivity contribution is 0.579. The molecule has 0 unspecified atom stereocenters. The fourth-order valence-electron chi connectivity index (χ4n) is 2.22. The zero-order valence-electron chi connectivity index (χ0n) is 13.8. The highest BCUT2D eigenvalue weighted by Crippen LogP contribution is 2.16. The van der Waals surface area contributed by atoms with E-state index in [0.29, 0.717) is 16.7 Å². The van der Waals surface area contributed by atoms with Crippen LogP contribution >= 0.6 is 0 Å². The highest BCUT2D eigenvalue weighted by molar-refractivity contribution is 7.89. The monoisotopic (exact) mass is 386 g/mol. The Hall–Kier alpha value is -1.81. The van der Waals surface area contributed by atoms with Crippen LogP contribution in [0.5, 0.6) is 0 Å². The number of benzene rings is 2. The molecule has 0 fully saturated rings. The molecule has 9 heteroatoms. The van der Waals surface area contributed by atoms with Gasteiger partial charge in [-0.05, 0) is 48.9 Å². The number of aryl methyl sites for hydroxylation is 1. The second kappa shape index (κ2) is 7.61. The lowest BCUT2D eigenvalue weighted by Crippen LogP contribution is -2.24. The first kappa shape index (κ1) is 19.5. The molecule has 2 N–H and O–H groups in total. The average Bonchev–Trinajstić information content (AvgIpc) is 2.53. The van der Waals surface area contributed by atoms with E-state index in [-0.39, 0.29) is 17.2 Å². The zero-order chi connectivity index (χ0) is 18.7. The van der Waals surface area contributed by atoms with E-state index in [2.05, 4.69) is 9.44 Å². The van der Waals surface area contributed by atoms with Gasteiger partial charge in [0, 0.05) is 6.54 Å². The van der Waals surface area contributed by atoms with Crippen molar-refractivity contribution in [1.29, 1.82) is 0 Å². The number of sulfonamides is 2. The molecule has 0 aliphatic rings. The molecule has 0 aliphatic carbocycles. The van der Waals surface area contributed by atoms with E-state index in [1.165, 1.54) is 20.0 Å². The van der Waals surface area contributed by atoms with Crippen LogP contribution in [0, 0.1) is 12.7 Å². The van der Waals surface area contributed by atoms with Crippen LogP contribution in [0.15, 0.2) is 47.4 Å². The Bertz CT molecular complexity index is 956. The minimum Gasteiger partial charge on any atom is -0.218 e. The van der Waals surface area contributed by atoms with Gasteiger partial charge in [-0.25, -0.2) is 30.7 Å². The summed E-state index contributed by atoms with van der Waals surface area (Å²) in [5, 5.41) is 0. The Kier molecular flexibility index (Phi) is 5.94. The van der Waals surface area contributed by atoms with Gasteiger partial charge >= 0.3 is 0 Å². The third kappa shape index (κ3) is 5.33. The first-order valence-electron chi connectivity index (χ1n) is 7.38. The second-order valence-corrected chi connectivity index (χ2v) is 9.18. The standard InChI is InChI=1S/C16H19FN2O4S2/c1-12-9-15(17)7-8-16(12)25(22,23)19-10-13-3-5-14(6-4-13)11-24(20,21)18-2/h3-9,18-19H,10-11H2,1-2H3. The molecule has 0 heterocycles. The van der Waals surface area contributed by atoms with E-state index >= 15 is 0 Å². The molecule has 0 saturated heterocycles. The molecular formula is C16H19FN2O4S2. The topological polar surface area (TPSA) is 92.3 Å². The molecule has 0 aromatic heterocycles. The van der Waals surface area contributed by atoms with Crippen LogP contribution in [0.1, 0.15) is 16.7 Å². The van der Waals surface area contributed by atoms with Gasteiger partial charge in [0.25, 0.3) is 0 Å². The smallest absolute Gasteiger partial charge is 0.218 e. The summed E-state index contributed by atoms with van der Waals surface area (Å²) in [4.78, 5) is 0.0191. The van der Waals surface area contributed by atoms with Crippen molar-refractivity contribution < 1.29 is 21.2 Å². The summed E-state index contributed by atoms with van der Waals surface area (Å²) in [5.74, 6) is -0.645. The van der Waals surface area contributed by atoms with Gasteiger partial charge in [0.05, 0.1) is 10.6 Å². The summed E-state index contributed by atoms with van der Waals surface area (Å²) in [6.07, 6.45) is 0. The molecule has 2 aromatic carbocycles. The van der Waals surface area contributed by atoms with Crippen LogP contribution in [-0.4, -0.2) is 23.9 Å². The van der Waals surface area contributed by atoms with Crippen LogP contribution in [0.3, 0.4) is 0 Å². The number of nitrogens with one attached hydrogen (secondary N) is 2. The third-order valence-corrected chi connectivity index (χ3v) is 6.48. The SMILES string of the molecule is CNS(=O)(=O)Cc1ccc(CNS(=O)(=O)c2ccc(F)cc2C)cc1. The van der Waals surface area contributed by atoms with E-state index in [0.717, 1.165) is 12.1 Å². The van der Waals surface area contributed by atoms with Crippen molar-refractivity contribution in [1.82, 2.24) is 9.44 Å². The summed E-state index contributed by atoms with van der Waals surface area (Å²) in [6, 6.07) is 10.0. The Morgan fingerprint density at radius 1 is 0.960 bits per heavy atom. The predicted molar refractivity (Wildman–Crippen MR) is 93.3 cm³/mol. The van der Waals surface area contributed by atoms with Gasteiger partial charge < -0.3 is 0 Å². The van der Waals surface area contributed by atoms with E-state index < -0.39 is 25.9 Å². The van der Waals surface area contributed by atoms with E-state index in [9.17, 15) is 21.2 Å². The molecule has 2 aromatic rings. The molecule has 0 amide bonds. The normalized spacial score (nSPS) is 12.3. The quantitative estimate of drug-likeness (QED) is 0.757. The number of hydrogen-bond acceptors (Lipinski definition) is 4.